The van der Waals surface area contributed by atoms with Gasteiger partial charge in [0.05, 0.1) is 6.54 Å². The van der Waals surface area contributed by atoms with Crippen molar-refractivity contribution in [3.8, 4) is 0 Å². The summed E-state index contributed by atoms with van der Waals surface area (Å²) in [7, 11) is 3.22. The molecule has 1 fully saturated rings. The predicted molar refractivity (Wildman–Crippen MR) is 93.1 cm³/mol. The van der Waals surface area contributed by atoms with E-state index in [1.165, 1.54) is 17.5 Å². The minimum absolute atomic E-state index is 0.208. The number of hydrogen-bond acceptors (Lipinski definition) is 5. The van der Waals surface area contributed by atoms with Gasteiger partial charge in [-0.05, 0) is 19.4 Å². The van der Waals surface area contributed by atoms with E-state index in [9.17, 15) is 9.59 Å². The number of carbonyl (C=O) groups excluding carboxylic acids is 2. The number of carbonyl (C=O) groups is 2. The van der Waals surface area contributed by atoms with Gasteiger partial charge in [0.2, 0.25) is 5.96 Å². The number of guanidine groups is 1. The maximum Gasteiger partial charge on any atom is 0.328 e. The van der Waals surface area contributed by atoms with E-state index in [4.69, 9.17) is 4.99 Å². The van der Waals surface area contributed by atoms with Gasteiger partial charge >= 0.3 is 6.03 Å². The molecule has 3 aliphatic rings. The summed E-state index contributed by atoms with van der Waals surface area (Å²) in [5.74, 6) is 0.540. The molecular formula is C18H21N5O2. The molecule has 0 N–H and O–H groups in total. The number of fused-ring (bicyclic) bond motifs is 3. The fourth-order valence-electron chi connectivity index (χ4n) is 3.72. The average Bonchev–Trinajstić information content (AvgIpc) is 3.11. The van der Waals surface area contributed by atoms with Crippen LogP contribution < -0.4 is 0 Å². The first-order valence-corrected chi connectivity index (χ1v) is 8.32. The Labute approximate surface area is 146 Å². The van der Waals surface area contributed by atoms with Gasteiger partial charge in [-0.15, -0.1) is 0 Å². The van der Waals surface area contributed by atoms with Gasteiger partial charge in [0.25, 0.3) is 5.91 Å². The third-order valence-corrected chi connectivity index (χ3v) is 5.31. The third-order valence-electron chi connectivity index (χ3n) is 5.31. The number of nitrogens with zero attached hydrogens (tertiary/aromatic N) is 5. The van der Waals surface area contributed by atoms with Crippen LogP contribution in [0, 0.1) is 0 Å². The summed E-state index contributed by atoms with van der Waals surface area (Å²) < 4.78 is 0. The molecule has 0 radical (unpaired) electrons. The molecular weight excluding hydrogens is 318 g/mol. The van der Waals surface area contributed by atoms with Crippen molar-refractivity contribution in [1.29, 1.82) is 0 Å². The Morgan fingerprint density at radius 3 is 2.40 bits per heavy atom. The lowest BCUT2D eigenvalue weighted by Gasteiger charge is -2.39. The predicted octanol–water partition coefficient (Wildman–Crippen LogP) is 1.64. The van der Waals surface area contributed by atoms with Gasteiger partial charge in [-0.1, -0.05) is 30.3 Å². The van der Waals surface area contributed by atoms with Crippen molar-refractivity contribution in [1.82, 2.24) is 19.6 Å². The van der Waals surface area contributed by atoms with Crippen molar-refractivity contribution in [2.75, 3.05) is 14.1 Å². The maximum atomic E-state index is 12.7. The van der Waals surface area contributed by atoms with Crippen LogP contribution in [-0.2, 0) is 11.3 Å². The van der Waals surface area contributed by atoms with Crippen LogP contribution >= 0.6 is 0 Å². The second-order valence-electron chi connectivity index (χ2n) is 6.69. The number of hydrogen-bond donors (Lipinski definition) is 0. The highest BCUT2D eigenvalue weighted by Gasteiger charge is 2.54. The zero-order chi connectivity index (χ0) is 17.9. The van der Waals surface area contributed by atoms with Crippen molar-refractivity contribution < 1.29 is 9.59 Å². The zero-order valence-corrected chi connectivity index (χ0v) is 14.8. The second kappa shape index (κ2) is 5.34. The smallest absolute Gasteiger partial charge is 0.310 e. The van der Waals surface area contributed by atoms with E-state index in [1.807, 2.05) is 36.9 Å². The van der Waals surface area contributed by atoms with E-state index in [-0.39, 0.29) is 11.9 Å². The highest BCUT2D eigenvalue weighted by atomic mass is 16.2. The number of likely N-dealkylation sites (N-methyl/N-ethyl adjacent to an activating group) is 2. The molecule has 130 valence electrons. The summed E-state index contributed by atoms with van der Waals surface area (Å²) in [4.78, 5) is 36.6. The molecule has 1 aromatic carbocycles. The van der Waals surface area contributed by atoms with Crippen LogP contribution in [-0.4, -0.2) is 63.8 Å². The van der Waals surface area contributed by atoms with Crippen molar-refractivity contribution in [3.63, 3.8) is 0 Å². The minimum atomic E-state index is -0.488. The van der Waals surface area contributed by atoms with E-state index < -0.39 is 12.2 Å². The van der Waals surface area contributed by atoms with Crippen molar-refractivity contribution in [2.24, 2.45) is 4.99 Å². The van der Waals surface area contributed by atoms with E-state index in [2.05, 4.69) is 17.0 Å². The first-order chi connectivity index (χ1) is 11.9. The number of urea groups is 1. The highest BCUT2D eigenvalue weighted by molar-refractivity contribution is 6.04. The first kappa shape index (κ1) is 15.7. The number of rotatable bonds is 2. The molecule has 0 bridgehead atoms. The Balaban J connectivity index is 1.72. The monoisotopic (exact) mass is 339 g/mol. The Kier molecular flexibility index (Phi) is 3.35. The molecule has 1 aromatic rings. The molecule has 3 amide bonds. The third kappa shape index (κ3) is 2.08. The topological polar surface area (TPSA) is 59.5 Å². The van der Waals surface area contributed by atoms with Gasteiger partial charge < -0.3 is 9.80 Å². The normalized spacial score (nSPS) is 25.7. The standard InChI is InChI=1S/C18H21N5O2/c1-11-12(2)23-14-15(20(3)18(25)21(4)16(14)24)19-17(23)22(11)10-13-8-6-5-7-9-13/h5-9,14-15H,10H2,1-4H3. The fraction of sp³-hybridized carbons (Fsp3) is 0.389. The molecule has 0 aromatic heterocycles. The largest absolute Gasteiger partial charge is 0.328 e. The van der Waals surface area contributed by atoms with E-state index >= 15 is 0 Å². The lowest BCUT2D eigenvalue weighted by molar-refractivity contribution is -0.135. The van der Waals surface area contributed by atoms with Crippen molar-refractivity contribution >= 4 is 17.9 Å². The van der Waals surface area contributed by atoms with Crippen LogP contribution in [0.1, 0.15) is 19.4 Å². The molecule has 7 heteroatoms. The van der Waals surface area contributed by atoms with Crippen LogP contribution in [0.5, 0.6) is 0 Å². The van der Waals surface area contributed by atoms with Crippen LogP contribution in [0.25, 0.3) is 0 Å². The zero-order valence-electron chi connectivity index (χ0n) is 14.8. The molecule has 4 rings (SSSR count). The molecule has 3 aliphatic heterocycles. The Morgan fingerprint density at radius 1 is 1.04 bits per heavy atom. The van der Waals surface area contributed by atoms with Crippen molar-refractivity contribution in [3.05, 3.63) is 47.3 Å². The van der Waals surface area contributed by atoms with Crippen molar-refractivity contribution in [2.45, 2.75) is 32.6 Å². The second-order valence-corrected chi connectivity index (χ2v) is 6.69. The number of imide groups is 1. The lowest BCUT2D eigenvalue weighted by Crippen LogP contribution is -2.63. The van der Waals surface area contributed by atoms with E-state index in [0.717, 1.165) is 17.4 Å². The number of allylic oxidation sites excluding steroid dienone is 2. The van der Waals surface area contributed by atoms with Gasteiger partial charge in [-0.25, -0.2) is 9.79 Å². The van der Waals surface area contributed by atoms with Gasteiger partial charge in [0.15, 0.2) is 12.2 Å². The van der Waals surface area contributed by atoms with Crippen LogP contribution in [0.2, 0.25) is 0 Å². The molecule has 2 unspecified atom stereocenters. The molecule has 7 nitrogen and oxygen atoms in total. The first-order valence-electron chi connectivity index (χ1n) is 8.32. The SMILES string of the molecule is CC1=C(C)N2C(=NC3C2C(=O)N(C)C(=O)N3C)N1Cc1ccccc1. The molecule has 3 heterocycles. The molecule has 1 saturated heterocycles. The van der Waals surface area contributed by atoms with Gasteiger partial charge in [0.1, 0.15) is 0 Å². The molecule has 2 atom stereocenters. The van der Waals surface area contributed by atoms with Crippen LogP contribution in [0.4, 0.5) is 4.79 Å². The quantitative estimate of drug-likeness (QED) is 0.822. The van der Waals surface area contributed by atoms with E-state index in [0.29, 0.717) is 6.54 Å². The summed E-state index contributed by atoms with van der Waals surface area (Å²) in [5.41, 5.74) is 3.25. The number of benzene rings is 1. The fourth-order valence-corrected chi connectivity index (χ4v) is 3.72. The highest BCUT2D eigenvalue weighted by Crippen LogP contribution is 2.37. The summed E-state index contributed by atoms with van der Waals surface area (Å²) >= 11 is 0. The summed E-state index contributed by atoms with van der Waals surface area (Å²) in [6.07, 6.45) is -0.479. The minimum Gasteiger partial charge on any atom is -0.310 e. The summed E-state index contributed by atoms with van der Waals surface area (Å²) in [6, 6.07) is 9.35. The average molecular weight is 339 g/mol. The Hall–Kier alpha value is -2.83. The lowest BCUT2D eigenvalue weighted by atomic mass is 10.1. The molecule has 0 aliphatic carbocycles. The maximum absolute atomic E-state index is 12.7. The molecule has 0 spiro atoms. The number of aliphatic imine (C=N–C) groups is 1. The van der Waals surface area contributed by atoms with Gasteiger partial charge in [-0.2, -0.15) is 0 Å². The van der Waals surface area contributed by atoms with Gasteiger partial charge in [0, 0.05) is 25.5 Å². The summed E-state index contributed by atoms with van der Waals surface area (Å²) in [6.45, 7) is 4.72. The molecule has 0 saturated carbocycles. The Bertz CT molecular complexity index is 816. The van der Waals surface area contributed by atoms with Gasteiger partial charge in [-0.3, -0.25) is 14.6 Å². The van der Waals surface area contributed by atoms with Crippen LogP contribution in [0.15, 0.2) is 46.7 Å². The number of amides is 3. The Morgan fingerprint density at radius 2 is 1.72 bits per heavy atom. The molecule has 25 heavy (non-hydrogen) atoms. The van der Waals surface area contributed by atoms with Crippen LogP contribution in [0.3, 0.4) is 0 Å². The summed E-state index contributed by atoms with van der Waals surface area (Å²) in [5, 5.41) is 0. The van der Waals surface area contributed by atoms with E-state index in [1.54, 1.807) is 11.9 Å².